The zero-order valence-electron chi connectivity index (χ0n) is 14.5. The molecule has 1 N–H and O–H groups in total. The van der Waals surface area contributed by atoms with Crippen LogP contribution in [0.1, 0.15) is 11.4 Å². The highest BCUT2D eigenvalue weighted by Gasteiger charge is 2.05. The van der Waals surface area contributed by atoms with Crippen LogP contribution >= 0.6 is 0 Å². The Morgan fingerprint density at radius 3 is 2.35 bits per heavy atom. The normalized spacial score (nSPS) is 10.7. The summed E-state index contributed by atoms with van der Waals surface area (Å²) in [6, 6.07) is 17.7. The van der Waals surface area contributed by atoms with E-state index in [4.69, 9.17) is 4.74 Å². The Morgan fingerprint density at radius 1 is 0.846 bits per heavy atom. The van der Waals surface area contributed by atoms with Gasteiger partial charge in [-0.2, -0.15) is 0 Å². The summed E-state index contributed by atoms with van der Waals surface area (Å²) < 4.78 is 5.74. The first kappa shape index (κ1) is 16.0. The molecule has 0 aliphatic rings. The van der Waals surface area contributed by atoms with Gasteiger partial charge in [-0.3, -0.25) is 0 Å². The van der Waals surface area contributed by atoms with Crippen molar-refractivity contribution in [2.24, 2.45) is 0 Å². The van der Waals surface area contributed by atoms with Gasteiger partial charge < -0.3 is 10.1 Å². The van der Waals surface area contributed by atoms with Crippen LogP contribution in [0, 0.1) is 13.8 Å². The van der Waals surface area contributed by atoms with Crippen LogP contribution in [-0.2, 0) is 0 Å². The molecule has 2 aromatic heterocycles. The van der Waals surface area contributed by atoms with Gasteiger partial charge in [0, 0.05) is 22.5 Å². The van der Waals surface area contributed by atoms with Crippen molar-refractivity contribution in [1.29, 1.82) is 0 Å². The predicted molar refractivity (Wildman–Crippen MR) is 101 cm³/mol. The Labute approximate surface area is 150 Å². The van der Waals surface area contributed by atoms with Crippen LogP contribution in [0.3, 0.4) is 0 Å². The smallest absolute Gasteiger partial charge is 0.322 e. The molecule has 0 radical (unpaired) electrons. The fraction of sp³-hybridized carbons (Fsp3) is 0.100. The van der Waals surface area contributed by atoms with Gasteiger partial charge in [-0.1, -0.05) is 12.1 Å². The number of ether oxygens (including phenoxy) is 1. The zero-order valence-corrected chi connectivity index (χ0v) is 14.5. The van der Waals surface area contributed by atoms with Gasteiger partial charge in [0.25, 0.3) is 0 Å². The van der Waals surface area contributed by atoms with Crippen LogP contribution in [0.15, 0.2) is 60.9 Å². The van der Waals surface area contributed by atoms with Crippen molar-refractivity contribution in [2.45, 2.75) is 13.8 Å². The largest absolute Gasteiger partial charge is 0.424 e. The van der Waals surface area contributed by atoms with Gasteiger partial charge >= 0.3 is 6.01 Å². The molecule has 26 heavy (non-hydrogen) atoms. The summed E-state index contributed by atoms with van der Waals surface area (Å²) in [5, 5.41) is 4.29. The maximum Gasteiger partial charge on any atom is 0.322 e. The summed E-state index contributed by atoms with van der Waals surface area (Å²) in [7, 11) is 0. The number of hydrogen-bond donors (Lipinski definition) is 1. The number of anilines is 2. The number of aromatic nitrogens is 4. The van der Waals surface area contributed by atoms with Crippen molar-refractivity contribution >= 4 is 22.4 Å². The van der Waals surface area contributed by atoms with Crippen molar-refractivity contribution in [3.8, 4) is 11.8 Å². The summed E-state index contributed by atoms with van der Waals surface area (Å²) in [5.41, 5.74) is 3.56. The number of nitrogens with one attached hydrogen (secondary N) is 1. The lowest BCUT2D eigenvalue weighted by atomic mass is 10.2. The molecule has 4 rings (SSSR count). The average molecular weight is 343 g/mol. The molecule has 6 heteroatoms. The molecule has 6 nitrogen and oxygen atoms in total. The Kier molecular flexibility index (Phi) is 4.15. The van der Waals surface area contributed by atoms with Crippen LogP contribution in [0.5, 0.6) is 11.8 Å². The molecule has 0 atom stereocenters. The van der Waals surface area contributed by atoms with E-state index < -0.39 is 0 Å². The van der Waals surface area contributed by atoms with Crippen molar-refractivity contribution in [1.82, 2.24) is 19.9 Å². The number of aryl methyl sites for hydroxylation is 2. The van der Waals surface area contributed by atoms with Gasteiger partial charge in [-0.15, -0.1) is 0 Å². The average Bonchev–Trinajstić information content (AvgIpc) is 2.63. The second-order valence-corrected chi connectivity index (χ2v) is 5.92. The molecule has 128 valence electrons. The minimum Gasteiger partial charge on any atom is -0.424 e. The van der Waals surface area contributed by atoms with E-state index >= 15 is 0 Å². The summed E-state index contributed by atoms with van der Waals surface area (Å²) >= 11 is 0. The molecule has 0 aliphatic heterocycles. The minimum atomic E-state index is 0.352. The van der Waals surface area contributed by atoms with Gasteiger partial charge in [-0.25, -0.2) is 19.9 Å². The lowest BCUT2D eigenvalue weighted by molar-refractivity contribution is 0.439. The van der Waals surface area contributed by atoms with E-state index in [1.807, 2.05) is 68.4 Å². The predicted octanol–water partition coefficient (Wildman–Crippen LogP) is 4.57. The molecule has 2 heterocycles. The fourth-order valence-electron chi connectivity index (χ4n) is 2.69. The summed E-state index contributed by atoms with van der Waals surface area (Å²) in [5.74, 6) is 1.44. The molecule has 0 bridgehead atoms. The molecule has 0 saturated heterocycles. The maximum absolute atomic E-state index is 5.74. The Hall–Kier alpha value is -3.54. The zero-order chi connectivity index (χ0) is 17.9. The Bertz CT molecular complexity index is 1040. The van der Waals surface area contributed by atoms with Gasteiger partial charge in [-0.05, 0) is 56.3 Å². The first-order valence-corrected chi connectivity index (χ1v) is 8.24. The lowest BCUT2D eigenvalue weighted by Gasteiger charge is -2.09. The monoisotopic (exact) mass is 343 g/mol. The minimum absolute atomic E-state index is 0.352. The molecule has 2 aromatic carbocycles. The molecule has 0 saturated carbocycles. The van der Waals surface area contributed by atoms with Crippen LogP contribution in [0.25, 0.3) is 10.9 Å². The van der Waals surface area contributed by atoms with Gasteiger partial charge in [0.05, 0.1) is 5.52 Å². The van der Waals surface area contributed by atoms with E-state index in [0.717, 1.165) is 33.8 Å². The van der Waals surface area contributed by atoms with E-state index in [0.29, 0.717) is 11.8 Å². The number of hydrogen-bond acceptors (Lipinski definition) is 6. The highest BCUT2D eigenvalue weighted by atomic mass is 16.5. The molecule has 0 fully saturated rings. The quantitative estimate of drug-likeness (QED) is 0.585. The van der Waals surface area contributed by atoms with Crippen molar-refractivity contribution in [2.75, 3.05) is 5.32 Å². The van der Waals surface area contributed by atoms with Crippen molar-refractivity contribution in [3.05, 3.63) is 72.3 Å². The van der Waals surface area contributed by atoms with Gasteiger partial charge in [0.1, 0.15) is 17.9 Å². The third-order valence-electron chi connectivity index (χ3n) is 3.83. The van der Waals surface area contributed by atoms with Crippen molar-refractivity contribution < 1.29 is 4.74 Å². The highest BCUT2D eigenvalue weighted by Crippen LogP contribution is 2.25. The first-order chi connectivity index (χ1) is 12.7. The number of fused-ring (bicyclic) bond motifs is 1. The third kappa shape index (κ3) is 3.44. The summed E-state index contributed by atoms with van der Waals surface area (Å²) in [4.78, 5) is 17.2. The van der Waals surface area contributed by atoms with Crippen LogP contribution in [0.4, 0.5) is 11.5 Å². The number of para-hydroxylation sites is 1. The van der Waals surface area contributed by atoms with Gasteiger partial charge in [0.15, 0.2) is 0 Å². The van der Waals surface area contributed by atoms with E-state index in [-0.39, 0.29) is 0 Å². The van der Waals surface area contributed by atoms with E-state index in [1.165, 1.54) is 0 Å². The number of nitrogens with zero attached hydrogens (tertiary/aromatic N) is 4. The summed E-state index contributed by atoms with van der Waals surface area (Å²) in [6.07, 6.45) is 1.56. The lowest BCUT2D eigenvalue weighted by Crippen LogP contribution is -1.97. The SMILES string of the molecule is Cc1cc(C)nc(Oc2ccc(Nc3ncnc4ccccc34)cc2)n1. The highest BCUT2D eigenvalue weighted by molar-refractivity contribution is 5.90. The Balaban J connectivity index is 1.54. The van der Waals surface area contributed by atoms with E-state index in [2.05, 4.69) is 25.3 Å². The van der Waals surface area contributed by atoms with E-state index in [9.17, 15) is 0 Å². The topological polar surface area (TPSA) is 72.8 Å². The van der Waals surface area contributed by atoms with Crippen LogP contribution in [-0.4, -0.2) is 19.9 Å². The molecule has 0 spiro atoms. The molecular formula is C20H17N5O. The standard InChI is InChI=1S/C20H17N5O/c1-13-11-14(2)24-20(23-13)26-16-9-7-15(8-10-16)25-19-17-5-3-4-6-18(17)21-12-22-19/h3-12H,1-2H3,(H,21,22,25). The summed E-state index contributed by atoms with van der Waals surface area (Å²) in [6.45, 7) is 3.83. The second kappa shape index (κ2) is 6.76. The molecular weight excluding hydrogens is 326 g/mol. The van der Waals surface area contributed by atoms with Crippen LogP contribution < -0.4 is 10.1 Å². The van der Waals surface area contributed by atoms with Crippen molar-refractivity contribution in [3.63, 3.8) is 0 Å². The second-order valence-electron chi connectivity index (χ2n) is 5.92. The molecule has 0 amide bonds. The number of benzene rings is 2. The number of rotatable bonds is 4. The molecule has 4 aromatic rings. The third-order valence-corrected chi connectivity index (χ3v) is 3.83. The first-order valence-electron chi connectivity index (χ1n) is 8.24. The molecule has 0 unspecified atom stereocenters. The van der Waals surface area contributed by atoms with E-state index in [1.54, 1.807) is 6.33 Å². The Morgan fingerprint density at radius 2 is 1.58 bits per heavy atom. The fourth-order valence-corrected chi connectivity index (χ4v) is 2.69. The van der Waals surface area contributed by atoms with Gasteiger partial charge in [0.2, 0.25) is 0 Å². The van der Waals surface area contributed by atoms with Crippen LogP contribution in [0.2, 0.25) is 0 Å². The molecule has 0 aliphatic carbocycles. The maximum atomic E-state index is 5.74.